The maximum absolute atomic E-state index is 6.09. The van der Waals surface area contributed by atoms with Crippen molar-refractivity contribution in [2.24, 2.45) is 0 Å². The highest BCUT2D eigenvalue weighted by atomic mass is 35.5. The first-order chi connectivity index (χ1) is 8.11. The molecule has 0 amide bonds. The van der Waals surface area contributed by atoms with Gasteiger partial charge >= 0.3 is 0 Å². The molecule has 3 atom stereocenters. The van der Waals surface area contributed by atoms with E-state index in [4.69, 9.17) is 32.7 Å². The number of ether oxygens (including phenoxy) is 2. The Balaban J connectivity index is 2.03. The number of hydrogen-bond acceptors (Lipinski definition) is 2. The molecule has 0 radical (unpaired) electrons. The zero-order valence-electron chi connectivity index (χ0n) is 9.95. The van der Waals surface area contributed by atoms with Crippen molar-refractivity contribution < 1.29 is 9.47 Å². The molecule has 3 unspecified atom stereocenters. The van der Waals surface area contributed by atoms with Gasteiger partial charge in [0.1, 0.15) is 18.0 Å². The van der Waals surface area contributed by atoms with Crippen LogP contribution in [0.2, 0.25) is 5.02 Å². The molecule has 1 aliphatic carbocycles. The Bertz CT molecular complexity index is 395. The molecule has 0 N–H and O–H groups in total. The van der Waals surface area contributed by atoms with Gasteiger partial charge in [-0.15, -0.1) is 11.6 Å². The zero-order valence-corrected chi connectivity index (χ0v) is 11.5. The van der Waals surface area contributed by atoms with Crippen LogP contribution in [0.4, 0.5) is 0 Å². The molecule has 2 rings (SSSR count). The van der Waals surface area contributed by atoms with E-state index in [1.807, 2.05) is 32.0 Å². The third kappa shape index (κ3) is 2.87. The first kappa shape index (κ1) is 13.0. The third-order valence-corrected chi connectivity index (χ3v) is 3.63. The van der Waals surface area contributed by atoms with Gasteiger partial charge in [0.2, 0.25) is 0 Å². The van der Waals surface area contributed by atoms with E-state index in [1.54, 1.807) is 0 Å². The molecule has 0 bridgehead atoms. The van der Waals surface area contributed by atoms with E-state index in [9.17, 15) is 0 Å². The van der Waals surface area contributed by atoms with E-state index in [2.05, 4.69) is 0 Å². The third-order valence-electron chi connectivity index (χ3n) is 2.97. The van der Waals surface area contributed by atoms with Crippen molar-refractivity contribution in [3.05, 3.63) is 28.8 Å². The molecule has 0 heterocycles. The van der Waals surface area contributed by atoms with Crippen LogP contribution < -0.4 is 4.74 Å². The number of alkyl halides is 1. The number of hydrogen-bond donors (Lipinski definition) is 0. The van der Waals surface area contributed by atoms with Gasteiger partial charge in [-0.1, -0.05) is 17.7 Å². The van der Waals surface area contributed by atoms with E-state index in [-0.39, 0.29) is 17.6 Å². The summed E-state index contributed by atoms with van der Waals surface area (Å²) in [6.07, 6.45) is 0.840. The maximum atomic E-state index is 6.09. The summed E-state index contributed by atoms with van der Waals surface area (Å²) in [7, 11) is 0. The van der Waals surface area contributed by atoms with Gasteiger partial charge in [0.15, 0.2) is 0 Å². The standard InChI is InChI=1S/C13H16Cl2O2/c1-3-16-13-10(15)7-12(13)17-11-6-9(14)5-4-8(11)2/h4-6,10,12-13H,3,7H2,1-2H3. The van der Waals surface area contributed by atoms with Crippen LogP contribution >= 0.6 is 23.2 Å². The summed E-state index contributed by atoms with van der Waals surface area (Å²) in [4.78, 5) is 0. The van der Waals surface area contributed by atoms with Crippen molar-refractivity contribution >= 4 is 23.2 Å². The second-order valence-electron chi connectivity index (χ2n) is 4.24. The Labute approximate surface area is 112 Å². The van der Waals surface area contributed by atoms with Crippen LogP contribution in [0, 0.1) is 6.92 Å². The number of rotatable bonds is 4. The van der Waals surface area contributed by atoms with E-state index < -0.39 is 0 Å². The highest BCUT2D eigenvalue weighted by Crippen LogP contribution is 2.34. The van der Waals surface area contributed by atoms with E-state index in [0.29, 0.717) is 11.6 Å². The van der Waals surface area contributed by atoms with Crippen molar-refractivity contribution in [3.8, 4) is 5.75 Å². The number of aryl methyl sites for hydroxylation is 1. The van der Waals surface area contributed by atoms with E-state index in [1.165, 1.54) is 0 Å². The molecule has 0 aliphatic heterocycles. The summed E-state index contributed by atoms with van der Waals surface area (Å²) in [6, 6.07) is 5.64. The van der Waals surface area contributed by atoms with Gasteiger partial charge in [-0.05, 0) is 31.5 Å². The molecule has 1 aliphatic rings. The van der Waals surface area contributed by atoms with Crippen molar-refractivity contribution in [2.75, 3.05) is 6.61 Å². The Hall–Kier alpha value is -0.440. The van der Waals surface area contributed by atoms with Crippen LogP contribution in [0.3, 0.4) is 0 Å². The van der Waals surface area contributed by atoms with Gasteiger partial charge in [-0.25, -0.2) is 0 Å². The molecule has 1 aromatic carbocycles. The average molecular weight is 275 g/mol. The Morgan fingerprint density at radius 3 is 2.82 bits per heavy atom. The quantitative estimate of drug-likeness (QED) is 0.778. The van der Waals surface area contributed by atoms with Crippen LogP contribution in [0.15, 0.2) is 18.2 Å². The fraction of sp³-hybridized carbons (Fsp3) is 0.538. The predicted octanol–water partition coefficient (Wildman–Crippen LogP) is 3.81. The SMILES string of the molecule is CCOC1C(Cl)CC1Oc1cc(Cl)ccc1C. The minimum atomic E-state index is -0.0138. The molecule has 0 saturated heterocycles. The lowest BCUT2D eigenvalue weighted by molar-refractivity contribution is -0.0761. The van der Waals surface area contributed by atoms with Crippen LogP contribution in [-0.4, -0.2) is 24.2 Å². The van der Waals surface area contributed by atoms with Gasteiger partial charge in [0, 0.05) is 18.1 Å². The van der Waals surface area contributed by atoms with Crippen LogP contribution in [-0.2, 0) is 4.74 Å². The molecule has 1 saturated carbocycles. The lowest BCUT2D eigenvalue weighted by Gasteiger charge is -2.40. The smallest absolute Gasteiger partial charge is 0.128 e. The van der Waals surface area contributed by atoms with Crippen molar-refractivity contribution in [1.82, 2.24) is 0 Å². The van der Waals surface area contributed by atoms with Gasteiger partial charge in [-0.2, -0.15) is 0 Å². The Morgan fingerprint density at radius 2 is 2.18 bits per heavy atom. The molecule has 4 heteroatoms. The maximum Gasteiger partial charge on any atom is 0.128 e. The lowest BCUT2D eigenvalue weighted by Crippen LogP contribution is -2.52. The second kappa shape index (κ2) is 5.47. The highest BCUT2D eigenvalue weighted by Gasteiger charge is 2.42. The molecule has 2 nitrogen and oxygen atoms in total. The Kier molecular flexibility index (Phi) is 4.18. The van der Waals surface area contributed by atoms with Gasteiger partial charge in [-0.3, -0.25) is 0 Å². The molecular weight excluding hydrogens is 259 g/mol. The van der Waals surface area contributed by atoms with Crippen LogP contribution in [0.1, 0.15) is 18.9 Å². The van der Waals surface area contributed by atoms with Gasteiger partial charge in [0.05, 0.1) is 5.38 Å². The molecule has 0 aromatic heterocycles. The molecule has 17 heavy (non-hydrogen) atoms. The largest absolute Gasteiger partial charge is 0.487 e. The average Bonchev–Trinajstić information content (AvgIpc) is 2.30. The summed E-state index contributed by atoms with van der Waals surface area (Å²) in [5.41, 5.74) is 1.07. The van der Waals surface area contributed by atoms with Gasteiger partial charge in [0.25, 0.3) is 0 Å². The summed E-state index contributed by atoms with van der Waals surface area (Å²) in [5.74, 6) is 0.816. The second-order valence-corrected chi connectivity index (χ2v) is 5.23. The minimum Gasteiger partial charge on any atom is -0.487 e. The van der Waals surface area contributed by atoms with E-state index >= 15 is 0 Å². The summed E-state index contributed by atoms with van der Waals surface area (Å²) >= 11 is 12.0. The number of halogens is 2. The summed E-state index contributed by atoms with van der Waals surface area (Å²) in [6.45, 7) is 4.62. The highest BCUT2D eigenvalue weighted by molar-refractivity contribution is 6.30. The van der Waals surface area contributed by atoms with Crippen molar-refractivity contribution in [1.29, 1.82) is 0 Å². The first-order valence-electron chi connectivity index (χ1n) is 5.80. The monoisotopic (exact) mass is 274 g/mol. The Morgan fingerprint density at radius 1 is 1.41 bits per heavy atom. The molecular formula is C13H16Cl2O2. The van der Waals surface area contributed by atoms with Crippen LogP contribution in [0.5, 0.6) is 5.75 Å². The predicted molar refractivity (Wildman–Crippen MR) is 70.3 cm³/mol. The van der Waals surface area contributed by atoms with Crippen molar-refractivity contribution in [3.63, 3.8) is 0 Å². The summed E-state index contributed by atoms with van der Waals surface area (Å²) in [5, 5.41) is 0.736. The van der Waals surface area contributed by atoms with Crippen molar-refractivity contribution in [2.45, 2.75) is 37.9 Å². The first-order valence-corrected chi connectivity index (χ1v) is 6.61. The fourth-order valence-corrected chi connectivity index (χ4v) is 2.48. The molecule has 1 fully saturated rings. The lowest BCUT2D eigenvalue weighted by atomic mass is 9.91. The fourth-order valence-electron chi connectivity index (χ4n) is 1.91. The topological polar surface area (TPSA) is 18.5 Å². The van der Waals surface area contributed by atoms with Crippen LogP contribution in [0.25, 0.3) is 0 Å². The molecule has 0 spiro atoms. The normalized spacial score (nSPS) is 27.6. The number of benzene rings is 1. The molecule has 1 aromatic rings. The molecule has 94 valence electrons. The zero-order chi connectivity index (χ0) is 12.4. The minimum absolute atomic E-state index is 0.0138. The summed E-state index contributed by atoms with van der Waals surface area (Å²) < 4.78 is 11.5. The van der Waals surface area contributed by atoms with Gasteiger partial charge < -0.3 is 9.47 Å². The van der Waals surface area contributed by atoms with E-state index in [0.717, 1.165) is 17.7 Å².